The first-order valence-corrected chi connectivity index (χ1v) is 20.5. The molecule has 12 rings (SSSR count). The summed E-state index contributed by atoms with van der Waals surface area (Å²) in [6.07, 6.45) is 0. The van der Waals surface area contributed by atoms with Gasteiger partial charge in [-0.05, 0) is 99.8 Å². The van der Waals surface area contributed by atoms with Crippen molar-refractivity contribution in [3.05, 3.63) is 188 Å². The molecule has 0 aliphatic heterocycles. The second-order valence-electron chi connectivity index (χ2n) is 14.5. The van der Waals surface area contributed by atoms with Gasteiger partial charge >= 0.3 is 0 Å². The molecule has 262 valence electrons. The van der Waals surface area contributed by atoms with E-state index in [4.69, 9.17) is 4.42 Å². The molecule has 0 amide bonds. The Morgan fingerprint density at radius 1 is 0.357 bits per heavy atom. The van der Waals surface area contributed by atoms with Gasteiger partial charge in [-0.1, -0.05) is 115 Å². The van der Waals surface area contributed by atoms with Crippen LogP contribution in [0, 0.1) is 0 Å². The highest BCUT2D eigenvalue weighted by Gasteiger charge is 2.19. The van der Waals surface area contributed by atoms with Gasteiger partial charge in [0.1, 0.15) is 11.2 Å². The topological polar surface area (TPSA) is 16.4 Å². The molecule has 0 atom stereocenters. The highest BCUT2D eigenvalue weighted by atomic mass is 32.1. The molecule has 56 heavy (non-hydrogen) atoms. The Balaban J connectivity index is 1.03. The molecule has 0 aliphatic carbocycles. The van der Waals surface area contributed by atoms with Crippen molar-refractivity contribution in [1.29, 1.82) is 0 Å². The summed E-state index contributed by atoms with van der Waals surface area (Å²) >= 11 is 3.80. The minimum Gasteiger partial charge on any atom is -0.456 e. The maximum absolute atomic E-state index is 6.43. The Hall–Kier alpha value is -6.72. The largest absolute Gasteiger partial charge is 0.456 e. The third-order valence-corrected chi connectivity index (χ3v) is 13.6. The van der Waals surface area contributed by atoms with Crippen LogP contribution >= 0.6 is 22.7 Å². The molecule has 2 nitrogen and oxygen atoms in total. The molecule has 0 saturated heterocycles. The monoisotopic (exact) mass is 749 g/mol. The van der Waals surface area contributed by atoms with Crippen LogP contribution in [-0.4, -0.2) is 0 Å². The highest BCUT2D eigenvalue weighted by Crippen LogP contribution is 2.48. The fourth-order valence-electron chi connectivity index (χ4n) is 8.61. The van der Waals surface area contributed by atoms with Gasteiger partial charge < -0.3 is 9.32 Å². The van der Waals surface area contributed by atoms with Crippen molar-refractivity contribution in [2.75, 3.05) is 4.90 Å². The van der Waals surface area contributed by atoms with Crippen LogP contribution in [0.5, 0.6) is 0 Å². The molecule has 0 aliphatic rings. The van der Waals surface area contributed by atoms with E-state index in [0.717, 1.165) is 39.0 Å². The average Bonchev–Trinajstić information content (AvgIpc) is 3.95. The first kappa shape index (κ1) is 31.6. The maximum Gasteiger partial charge on any atom is 0.137 e. The standard InChI is InChI=1S/C52H31NOS2/c1-2-10-34-29-35(20-19-32(34)9-1)33-21-23-37(24-22-33)53(39-25-26-42-41-13-3-5-16-45(41)54-46(42)31-39)38-12-7-11-36(30-38)40-15-8-18-48-50(40)51-49(55-48)28-27-44-43-14-4-6-17-47(43)56-52(44)51/h1-31H. The first-order valence-electron chi connectivity index (χ1n) is 18.9. The molecule has 3 aromatic heterocycles. The average molecular weight is 750 g/mol. The van der Waals surface area contributed by atoms with Gasteiger partial charge in [-0.25, -0.2) is 0 Å². The summed E-state index contributed by atoms with van der Waals surface area (Å²) in [6.45, 7) is 0. The fraction of sp³-hybridized carbons (Fsp3) is 0. The second-order valence-corrected chi connectivity index (χ2v) is 16.6. The smallest absolute Gasteiger partial charge is 0.137 e. The van der Waals surface area contributed by atoms with Crippen molar-refractivity contribution in [3.63, 3.8) is 0 Å². The van der Waals surface area contributed by atoms with Gasteiger partial charge in [-0.2, -0.15) is 0 Å². The molecular weight excluding hydrogens is 719 g/mol. The number of para-hydroxylation sites is 1. The molecule has 3 heterocycles. The van der Waals surface area contributed by atoms with Gasteiger partial charge in [0.2, 0.25) is 0 Å². The molecule has 0 N–H and O–H groups in total. The van der Waals surface area contributed by atoms with Crippen LogP contribution in [0.15, 0.2) is 192 Å². The first-order chi connectivity index (χ1) is 27.7. The minimum absolute atomic E-state index is 0.875. The molecule has 0 bridgehead atoms. The van der Waals surface area contributed by atoms with Gasteiger partial charge in [0, 0.05) is 74.2 Å². The van der Waals surface area contributed by atoms with E-state index in [1.165, 1.54) is 73.4 Å². The van der Waals surface area contributed by atoms with Gasteiger partial charge in [0.15, 0.2) is 0 Å². The number of fused-ring (bicyclic) bond motifs is 11. The zero-order valence-electron chi connectivity index (χ0n) is 30.1. The summed E-state index contributed by atoms with van der Waals surface area (Å²) in [6, 6.07) is 68.3. The number of anilines is 3. The summed E-state index contributed by atoms with van der Waals surface area (Å²) in [7, 11) is 0. The number of benzene rings is 9. The van der Waals surface area contributed by atoms with Crippen molar-refractivity contribution in [2.24, 2.45) is 0 Å². The summed E-state index contributed by atoms with van der Waals surface area (Å²) in [5.74, 6) is 0. The summed E-state index contributed by atoms with van der Waals surface area (Å²) in [5, 5.41) is 10.1. The third kappa shape index (κ3) is 4.93. The van der Waals surface area contributed by atoms with E-state index in [0.29, 0.717) is 0 Å². The number of hydrogen-bond donors (Lipinski definition) is 0. The van der Waals surface area contributed by atoms with Crippen molar-refractivity contribution < 1.29 is 4.42 Å². The molecule has 0 unspecified atom stereocenters. The van der Waals surface area contributed by atoms with E-state index < -0.39 is 0 Å². The van der Waals surface area contributed by atoms with E-state index in [1.807, 2.05) is 34.8 Å². The molecule has 12 aromatic rings. The van der Waals surface area contributed by atoms with Crippen LogP contribution in [0.4, 0.5) is 17.1 Å². The van der Waals surface area contributed by atoms with E-state index >= 15 is 0 Å². The zero-order chi connectivity index (χ0) is 36.7. The quantitative estimate of drug-likeness (QED) is 0.174. The van der Waals surface area contributed by atoms with Crippen molar-refractivity contribution >= 4 is 113 Å². The Bertz CT molecular complexity index is 3500. The van der Waals surface area contributed by atoms with Crippen LogP contribution in [-0.2, 0) is 0 Å². The molecule has 0 radical (unpaired) electrons. The predicted molar refractivity (Wildman–Crippen MR) is 243 cm³/mol. The Morgan fingerprint density at radius 3 is 1.98 bits per heavy atom. The number of nitrogens with zero attached hydrogens (tertiary/aromatic N) is 1. The van der Waals surface area contributed by atoms with Crippen LogP contribution < -0.4 is 4.90 Å². The number of rotatable bonds is 5. The van der Waals surface area contributed by atoms with E-state index in [1.54, 1.807) is 0 Å². The van der Waals surface area contributed by atoms with Gasteiger partial charge in [0.05, 0.1) is 0 Å². The third-order valence-electron chi connectivity index (χ3n) is 11.2. The van der Waals surface area contributed by atoms with Crippen molar-refractivity contribution in [1.82, 2.24) is 0 Å². The Kier molecular flexibility index (Phi) is 7.00. The van der Waals surface area contributed by atoms with Gasteiger partial charge in [-0.3, -0.25) is 0 Å². The molecule has 0 saturated carbocycles. The molecule has 4 heteroatoms. The predicted octanol–water partition coefficient (Wildman–Crippen LogP) is 16.3. The maximum atomic E-state index is 6.43. The Labute approximate surface area is 330 Å². The zero-order valence-corrected chi connectivity index (χ0v) is 31.7. The summed E-state index contributed by atoms with van der Waals surface area (Å²) in [5.41, 5.74) is 9.80. The SMILES string of the molecule is c1cc(-c2cccc3sc4ccc5c6ccccc6sc5c4c23)cc(N(c2ccc(-c3ccc4ccccc4c3)cc2)c2ccc3c(c2)oc2ccccc23)c1. The molecule has 9 aromatic carbocycles. The lowest BCUT2D eigenvalue weighted by atomic mass is 9.98. The van der Waals surface area contributed by atoms with Crippen LogP contribution in [0.1, 0.15) is 0 Å². The van der Waals surface area contributed by atoms with Crippen LogP contribution in [0.2, 0.25) is 0 Å². The van der Waals surface area contributed by atoms with Crippen LogP contribution in [0.25, 0.3) is 95.3 Å². The van der Waals surface area contributed by atoms with E-state index in [2.05, 4.69) is 181 Å². The minimum atomic E-state index is 0.875. The van der Waals surface area contributed by atoms with Crippen molar-refractivity contribution in [2.45, 2.75) is 0 Å². The summed E-state index contributed by atoms with van der Waals surface area (Å²) < 4.78 is 11.8. The number of furan rings is 1. The lowest BCUT2D eigenvalue weighted by Crippen LogP contribution is -2.10. The molecule has 0 fully saturated rings. The lowest BCUT2D eigenvalue weighted by Gasteiger charge is -2.26. The molecular formula is C52H31NOS2. The number of hydrogen-bond acceptors (Lipinski definition) is 4. The highest BCUT2D eigenvalue weighted by molar-refractivity contribution is 7.29. The second kappa shape index (κ2) is 12.4. The van der Waals surface area contributed by atoms with Crippen LogP contribution in [0.3, 0.4) is 0 Å². The van der Waals surface area contributed by atoms with E-state index in [-0.39, 0.29) is 0 Å². The number of thiophene rings is 2. The Morgan fingerprint density at radius 2 is 1.05 bits per heavy atom. The van der Waals surface area contributed by atoms with E-state index in [9.17, 15) is 0 Å². The van der Waals surface area contributed by atoms with Gasteiger partial charge in [-0.15, -0.1) is 22.7 Å². The fourth-order valence-corrected chi connectivity index (χ4v) is 11.1. The molecule has 0 spiro atoms. The van der Waals surface area contributed by atoms with Crippen molar-refractivity contribution in [3.8, 4) is 22.3 Å². The van der Waals surface area contributed by atoms with Gasteiger partial charge in [0.25, 0.3) is 0 Å². The summed E-state index contributed by atoms with van der Waals surface area (Å²) in [4.78, 5) is 2.36. The normalized spacial score (nSPS) is 11.9. The lowest BCUT2D eigenvalue weighted by molar-refractivity contribution is 0.669.